The van der Waals surface area contributed by atoms with E-state index in [0.717, 1.165) is 15.9 Å². The predicted molar refractivity (Wildman–Crippen MR) is 107 cm³/mol. The van der Waals surface area contributed by atoms with E-state index >= 15 is 0 Å². The maximum Gasteiger partial charge on any atom is 0.332 e. The van der Waals surface area contributed by atoms with Crippen LogP contribution in [0.3, 0.4) is 0 Å². The number of ether oxygens (including phenoxy) is 1. The highest BCUT2D eigenvalue weighted by Gasteiger charge is 2.20. The van der Waals surface area contributed by atoms with E-state index in [2.05, 4.69) is 25.8 Å². The summed E-state index contributed by atoms with van der Waals surface area (Å²) in [7, 11) is 2.98. The van der Waals surface area contributed by atoms with Crippen molar-refractivity contribution in [3.8, 4) is 5.75 Å². The maximum absolute atomic E-state index is 12.5. The quantitative estimate of drug-likeness (QED) is 0.711. The molecule has 8 nitrogen and oxygen atoms in total. The molecule has 0 spiro atoms. The molecule has 2 aromatic heterocycles. The number of fused-ring (bicyclic) bond motifs is 1. The van der Waals surface area contributed by atoms with Crippen molar-refractivity contribution in [1.82, 2.24) is 18.7 Å². The third-order valence-corrected chi connectivity index (χ3v) is 4.75. The summed E-state index contributed by atoms with van der Waals surface area (Å²) in [5, 5.41) is 10.5. The van der Waals surface area contributed by atoms with Crippen LogP contribution in [0.5, 0.6) is 5.75 Å². The van der Waals surface area contributed by atoms with Gasteiger partial charge in [-0.15, -0.1) is 0 Å². The van der Waals surface area contributed by atoms with Gasteiger partial charge < -0.3 is 14.4 Å². The number of para-hydroxylation sites is 1. The van der Waals surface area contributed by atoms with Gasteiger partial charge in [-0.05, 0) is 17.0 Å². The zero-order valence-corrected chi connectivity index (χ0v) is 16.8. The highest BCUT2D eigenvalue weighted by atomic mass is 16.5. The van der Waals surface area contributed by atoms with E-state index in [4.69, 9.17) is 4.74 Å². The minimum Gasteiger partial charge on any atom is -0.491 e. The van der Waals surface area contributed by atoms with Crippen LogP contribution in [0.1, 0.15) is 26.3 Å². The number of hydrogen-bond donors (Lipinski definition) is 1. The minimum atomic E-state index is -0.854. The van der Waals surface area contributed by atoms with Crippen molar-refractivity contribution in [3.63, 3.8) is 0 Å². The molecule has 1 aromatic carbocycles. The smallest absolute Gasteiger partial charge is 0.332 e. The van der Waals surface area contributed by atoms with Crippen molar-refractivity contribution in [2.45, 2.75) is 38.8 Å². The summed E-state index contributed by atoms with van der Waals surface area (Å²) >= 11 is 0. The molecular formula is C20H26N4O4. The lowest BCUT2D eigenvalue weighted by Gasteiger charge is -2.23. The molecule has 0 unspecified atom stereocenters. The second-order valence-electron chi connectivity index (χ2n) is 7.99. The molecule has 0 bridgehead atoms. The van der Waals surface area contributed by atoms with Gasteiger partial charge in [0, 0.05) is 14.1 Å². The molecule has 8 heteroatoms. The van der Waals surface area contributed by atoms with E-state index in [1.807, 2.05) is 24.3 Å². The summed E-state index contributed by atoms with van der Waals surface area (Å²) in [6.45, 7) is 6.50. The van der Waals surface area contributed by atoms with Crippen molar-refractivity contribution < 1.29 is 9.84 Å². The van der Waals surface area contributed by atoms with Crippen LogP contribution in [-0.4, -0.2) is 36.5 Å². The van der Waals surface area contributed by atoms with Gasteiger partial charge in [0.05, 0.1) is 12.9 Å². The molecule has 2 heterocycles. The van der Waals surface area contributed by atoms with Crippen LogP contribution in [0.4, 0.5) is 0 Å². The first-order valence-electron chi connectivity index (χ1n) is 9.12. The third kappa shape index (κ3) is 3.60. The van der Waals surface area contributed by atoms with Gasteiger partial charge in [0.1, 0.15) is 18.5 Å². The Kier molecular flexibility index (Phi) is 5.16. The number of benzene rings is 1. The molecule has 0 fully saturated rings. The summed E-state index contributed by atoms with van der Waals surface area (Å²) in [5.74, 6) is 0.725. The van der Waals surface area contributed by atoms with Gasteiger partial charge in [-0.3, -0.25) is 13.9 Å². The molecule has 0 radical (unpaired) electrons. The number of hydrogen-bond acceptors (Lipinski definition) is 5. The van der Waals surface area contributed by atoms with Gasteiger partial charge in [0.15, 0.2) is 11.2 Å². The molecule has 3 aromatic rings. The molecule has 0 aliphatic carbocycles. The molecule has 1 atom stereocenters. The lowest BCUT2D eigenvalue weighted by atomic mass is 9.86. The summed E-state index contributed by atoms with van der Waals surface area (Å²) in [4.78, 5) is 28.6. The van der Waals surface area contributed by atoms with Gasteiger partial charge in [-0.2, -0.15) is 0 Å². The number of aryl methyl sites for hydroxylation is 1. The fourth-order valence-corrected chi connectivity index (χ4v) is 3.21. The molecule has 3 rings (SSSR count). The molecule has 0 aliphatic heterocycles. The fraction of sp³-hybridized carbons (Fsp3) is 0.450. The first-order valence-corrected chi connectivity index (χ1v) is 9.12. The van der Waals surface area contributed by atoms with Crippen LogP contribution in [0, 0.1) is 0 Å². The number of aliphatic hydroxyl groups excluding tert-OH is 1. The highest BCUT2D eigenvalue weighted by molar-refractivity contribution is 5.69. The van der Waals surface area contributed by atoms with E-state index in [1.54, 1.807) is 11.6 Å². The molecule has 0 saturated carbocycles. The standard InChI is InChI=1S/C20H26N4O4/c1-20(2,3)14-8-6-7-9-15(14)28-11-13(25)10-24-12-21-17-16(24)18(26)23(5)19(27)22(17)4/h6-9,12-13,25H,10-11H2,1-5H3/t13-/m1/s1. The normalized spacial score (nSPS) is 13.1. The third-order valence-electron chi connectivity index (χ3n) is 4.75. The Bertz CT molecular complexity index is 1120. The second-order valence-corrected chi connectivity index (χ2v) is 7.99. The van der Waals surface area contributed by atoms with Crippen LogP contribution in [0.15, 0.2) is 40.2 Å². The Balaban J connectivity index is 1.81. The average Bonchev–Trinajstić information content (AvgIpc) is 3.06. The van der Waals surface area contributed by atoms with Crippen LogP contribution < -0.4 is 16.0 Å². The average molecular weight is 386 g/mol. The molecular weight excluding hydrogens is 360 g/mol. The molecule has 0 aliphatic rings. The van der Waals surface area contributed by atoms with Crippen LogP contribution >= 0.6 is 0 Å². The minimum absolute atomic E-state index is 0.0683. The Hall–Kier alpha value is -2.87. The number of nitrogens with zero attached hydrogens (tertiary/aromatic N) is 4. The van der Waals surface area contributed by atoms with Crippen molar-refractivity contribution in [2.24, 2.45) is 14.1 Å². The Morgan fingerprint density at radius 3 is 2.50 bits per heavy atom. The van der Waals surface area contributed by atoms with Crippen molar-refractivity contribution in [3.05, 3.63) is 57.0 Å². The summed E-state index contributed by atoms with van der Waals surface area (Å²) in [6, 6.07) is 7.74. The van der Waals surface area contributed by atoms with E-state index in [9.17, 15) is 14.7 Å². The number of rotatable bonds is 5. The highest BCUT2D eigenvalue weighted by Crippen LogP contribution is 2.31. The van der Waals surface area contributed by atoms with E-state index < -0.39 is 17.4 Å². The number of aromatic nitrogens is 4. The lowest BCUT2D eigenvalue weighted by molar-refractivity contribution is 0.0924. The first kappa shape index (κ1) is 19.9. The second kappa shape index (κ2) is 7.27. The Labute approximate surface area is 162 Å². The SMILES string of the molecule is Cn1c(=O)c2c(ncn2C[C@@H](O)COc2ccccc2C(C)(C)C)n(C)c1=O. The van der Waals surface area contributed by atoms with Crippen molar-refractivity contribution in [1.29, 1.82) is 0 Å². The topological polar surface area (TPSA) is 91.3 Å². The Morgan fingerprint density at radius 2 is 1.82 bits per heavy atom. The van der Waals surface area contributed by atoms with Crippen molar-refractivity contribution >= 4 is 11.2 Å². The van der Waals surface area contributed by atoms with Crippen LogP contribution in [0.25, 0.3) is 11.2 Å². The van der Waals surface area contributed by atoms with Gasteiger partial charge in [0.25, 0.3) is 5.56 Å². The number of imidazole rings is 1. The van der Waals surface area contributed by atoms with Gasteiger partial charge in [0.2, 0.25) is 0 Å². The zero-order chi connectivity index (χ0) is 20.6. The lowest BCUT2D eigenvalue weighted by Crippen LogP contribution is -2.38. The van der Waals surface area contributed by atoms with E-state index in [-0.39, 0.29) is 24.1 Å². The molecule has 1 N–H and O–H groups in total. The molecule has 150 valence electrons. The van der Waals surface area contributed by atoms with Gasteiger partial charge in [-0.25, -0.2) is 9.78 Å². The zero-order valence-electron chi connectivity index (χ0n) is 16.8. The summed E-state index contributed by atoms with van der Waals surface area (Å²) in [5.41, 5.74) is 0.656. The fourth-order valence-electron chi connectivity index (χ4n) is 3.21. The largest absolute Gasteiger partial charge is 0.491 e. The Morgan fingerprint density at radius 1 is 1.14 bits per heavy atom. The molecule has 0 saturated heterocycles. The van der Waals surface area contributed by atoms with E-state index in [0.29, 0.717) is 5.65 Å². The van der Waals surface area contributed by atoms with Crippen molar-refractivity contribution in [2.75, 3.05) is 6.61 Å². The predicted octanol–water partition coefficient (Wildman–Crippen LogP) is 1.17. The summed E-state index contributed by atoms with van der Waals surface area (Å²) in [6.07, 6.45) is 0.602. The van der Waals surface area contributed by atoms with Crippen LogP contribution in [-0.2, 0) is 26.1 Å². The first-order chi connectivity index (χ1) is 13.1. The maximum atomic E-state index is 12.5. The van der Waals surface area contributed by atoms with Gasteiger partial charge >= 0.3 is 5.69 Å². The number of aliphatic hydroxyl groups is 1. The molecule has 28 heavy (non-hydrogen) atoms. The van der Waals surface area contributed by atoms with Gasteiger partial charge in [-0.1, -0.05) is 39.0 Å². The van der Waals surface area contributed by atoms with E-state index in [1.165, 1.54) is 17.9 Å². The molecule has 0 amide bonds. The van der Waals surface area contributed by atoms with Crippen LogP contribution in [0.2, 0.25) is 0 Å². The monoisotopic (exact) mass is 386 g/mol. The summed E-state index contributed by atoms with van der Waals surface area (Å²) < 4.78 is 9.76.